The minimum atomic E-state index is 0.901. The van der Waals surface area contributed by atoms with Crippen LogP contribution in [0.25, 0.3) is 87.6 Å². The molecule has 0 amide bonds. The maximum Gasteiger partial charge on any atom is 0.136 e. The number of benzene rings is 8. The van der Waals surface area contributed by atoms with Crippen molar-refractivity contribution < 1.29 is 9.15 Å². The van der Waals surface area contributed by atoms with Crippen LogP contribution < -0.4 is 4.74 Å². The number of hydrogen-bond donors (Lipinski definition) is 0. The Hall–Kier alpha value is -5.86. The van der Waals surface area contributed by atoms with Gasteiger partial charge in [0.1, 0.15) is 22.7 Å². The van der Waals surface area contributed by atoms with Gasteiger partial charge in [0.05, 0.1) is 0 Å². The number of rotatable bonds is 2. The fraction of sp³-hybridized carbons (Fsp3) is 0. The summed E-state index contributed by atoms with van der Waals surface area (Å²) >= 11 is 0. The third kappa shape index (κ3) is 3.25. The van der Waals surface area contributed by atoms with Crippen LogP contribution in [0.15, 0.2) is 150 Å². The molecule has 1 aliphatic rings. The normalized spacial score (nSPS) is 12.3. The zero-order valence-electron chi connectivity index (χ0n) is 23.7. The zero-order chi connectivity index (χ0) is 28.8. The number of furan rings is 1. The minimum absolute atomic E-state index is 0.901. The quantitative estimate of drug-likeness (QED) is 0.210. The highest BCUT2D eigenvalue weighted by Gasteiger charge is 2.22. The van der Waals surface area contributed by atoms with Gasteiger partial charge in [0, 0.05) is 21.7 Å². The van der Waals surface area contributed by atoms with Gasteiger partial charge in [-0.25, -0.2) is 0 Å². The second kappa shape index (κ2) is 8.82. The second-order valence-electron chi connectivity index (χ2n) is 11.6. The third-order valence-corrected chi connectivity index (χ3v) is 9.25. The van der Waals surface area contributed by atoms with Crippen LogP contribution in [0.5, 0.6) is 11.5 Å². The van der Waals surface area contributed by atoms with Gasteiger partial charge < -0.3 is 9.15 Å². The number of ether oxygens (including phenoxy) is 1. The van der Waals surface area contributed by atoms with Gasteiger partial charge in [-0.1, -0.05) is 109 Å². The topological polar surface area (TPSA) is 22.4 Å². The maximum atomic E-state index is 6.43. The Labute approximate surface area is 253 Å². The summed E-state index contributed by atoms with van der Waals surface area (Å²) in [6.45, 7) is 0. The van der Waals surface area contributed by atoms with Crippen molar-refractivity contribution in [2.24, 2.45) is 0 Å². The van der Waals surface area contributed by atoms with Gasteiger partial charge in [0.15, 0.2) is 0 Å². The molecule has 0 saturated heterocycles. The van der Waals surface area contributed by atoms with Gasteiger partial charge in [-0.3, -0.25) is 0 Å². The number of para-hydroxylation sites is 1. The first-order valence-corrected chi connectivity index (χ1v) is 15.0. The van der Waals surface area contributed by atoms with Gasteiger partial charge >= 0.3 is 0 Å². The molecule has 10 rings (SSSR count). The van der Waals surface area contributed by atoms with E-state index in [4.69, 9.17) is 9.15 Å². The van der Waals surface area contributed by atoms with Crippen LogP contribution in [0.4, 0.5) is 0 Å². The lowest BCUT2D eigenvalue weighted by molar-refractivity contribution is 0.487. The van der Waals surface area contributed by atoms with Crippen LogP contribution >= 0.6 is 0 Å². The summed E-state index contributed by atoms with van der Waals surface area (Å²) in [5.41, 5.74) is 8.97. The summed E-state index contributed by atoms with van der Waals surface area (Å²) in [5, 5.41) is 9.56. The standard InChI is InChI=1S/C42H24O2/c1-2-11-29-25(9-1)19-22-39-41(29)42-34(15-8-18-38(42)44-39)32-21-20-28(30-12-3-4-13-31(30)32)27-23-26-10-7-17-37-40(26)35(24-27)33-14-5-6-16-36(33)43-37/h1-24H. The molecule has 0 fully saturated rings. The Kier molecular flexibility index (Phi) is 4.75. The van der Waals surface area contributed by atoms with E-state index in [0.717, 1.165) is 33.6 Å². The van der Waals surface area contributed by atoms with Crippen molar-refractivity contribution in [1.29, 1.82) is 0 Å². The molecule has 0 aliphatic carbocycles. The second-order valence-corrected chi connectivity index (χ2v) is 11.6. The van der Waals surface area contributed by atoms with Crippen molar-refractivity contribution >= 4 is 54.3 Å². The molecular formula is C42H24O2. The Bertz CT molecular complexity index is 2640. The van der Waals surface area contributed by atoms with Crippen LogP contribution in [-0.4, -0.2) is 0 Å². The highest BCUT2D eigenvalue weighted by atomic mass is 16.5. The molecule has 2 heteroatoms. The first-order chi connectivity index (χ1) is 21.8. The van der Waals surface area contributed by atoms with Crippen LogP contribution in [0, 0.1) is 0 Å². The monoisotopic (exact) mass is 560 g/mol. The molecule has 2 heterocycles. The van der Waals surface area contributed by atoms with Crippen LogP contribution in [0.1, 0.15) is 0 Å². The molecule has 204 valence electrons. The van der Waals surface area contributed by atoms with Crippen molar-refractivity contribution in [1.82, 2.24) is 0 Å². The highest BCUT2D eigenvalue weighted by molar-refractivity contribution is 6.24. The lowest BCUT2D eigenvalue weighted by Gasteiger charge is -2.22. The fourth-order valence-electron chi connectivity index (χ4n) is 7.34. The Balaban J connectivity index is 1.25. The molecule has 0 saturated carbocycles. The molecular weight excluding hydrogens is 536 g/mol. The number of fused-ring (bicyclic) bond motifs is 8. The van der Waals surface area contributed by atoms with E-state index in [2.05, 4.69) is 140 Å². The molecule has 9 aromatic rings. The van der Waals surface area contributed by atoms with Crippen molar-refractivity contribution in [3.05, 3.63) is 146 Å². The summed E-state index contributed by atoms with van der Waals surface area (Å²) in [6.07, 6.45) is 0. The first-order valence-electron chi connectivity index (χ1n) is 15.0. The average Bonchev–Trinajstić information content (AvgIpc) is 3.47. The van der Waals surface area contributed by atoms with E-state index in [1.165, 1.54) is 65.5 Å². The first kappa shape index (κ1) is 23.7. The Morgan fingerprint density at radius 3 is 1.95 bits per heavy atom. The molecule has 0 N–H and O–H groups in total. The predicted molar refractivity (Wildman–Crippen MR) is 183 cm³/mol. The zero-order valence-corrected chi connectivity index (χ0v) is 23.7. The fourth-order valence-corrected chi connectivity index (χ4v) is 7.34. The smallest absolute Gasteiger partial charge is 0.136 e. The van der Waals surface area contributed by atoms with Crippen LogP contribution in [0.3, 0.4) is 0 Å². The van der Waals surface area contributed by atoms with E-state index in [-0.39, 0.29) is 0 Å². The van der Waals surface area contributed by atoms with Gasteiger partial charge in [-0.15, -0.1) is 0 Å². The molecule has 8 aromatic carbocycles. The van der Waals surface area contributed by atoms with Crippen molar-refractivity contribution in [2.45, 2.75) is 0 Å². The van der Waals surface area contributed by atoms with E-state index in [9.17, 15) is 0 Å². The molecule has 0 spiro atoms. The van der Waals surface area contributed by atoms with E-state index >= 15 is 0 Å². The molecule has 44 heavy (non-hydrogen) atoms. The highest BCUT2D eigenvalue weighted by Crippen LogP contribution is 2.49. The lowest BCUT2D eigenvalue weighted by atomic mass is 9.87. The molecule has 0 bridgehead atoms. The van der Waals surface area contributed by atoms with E-state index in [1.807, 2.05) is 6.07 Å². The third-order valence-electron chi connectivity index (χ3n) is 9.25. The summed E-state index contributed by atoms with van der Waals surface area (Å²) in [5.74, 6) is 1.81. The lowest BCUT2D eigenvalue weighted by Crippen LogP contribution is -1.97. The van der Waals surface area contributed by atoms with Gasteiger partial charge in [0.2, 0.25) is 0 Å². The van der Waals surface area contributed by atoms with Crippen molar-refractivity contribution in [2.75, 3.05) is 0 Å². The van der Waals surface area contributed by atoms with Crippen LogP contribution in [0.2, 0.25) is 0 Å². The molecule has 0 atom stereocenters. The molecule has 0 radical (unpaired) electrons. The van der Waals surface area contributed by atoms with E-state index in [0.29, 0.717) is 0 Å². The Morgan fingerprint density at radius 2 is 1.02 bits per heavy atom. The number of hydrogen-bond acceptors (Lipinski definition) is 2. The molecule has 1 aromatic heterocycles. The van der Waals surface area contributed by atoms with Gasteiger partial charge in [0.25, 0.3) is 0 Å². The largest absolute Gasteiger partial charge is 0.456 e. The van der Waals surface area contributed by atoms with Crippen molar-refractivity contribution in [3.8, 4) is 44.9 Å². The summed E-state index contributed by atoms with van der Waals surface area (Å²) in [6, 6.07) is 51.9. The molecule has 2 nitrogen and oxygen atoms in total. The van der Waals surface area contributed by atoms with Crippen molar-refractivity contribution in [3.63, 3.8) is 0 Å². The minimum Gasteiger partial charge on any atom is -0.456 e. The van der Waals surface area contributed by atoms with Crippen LogP contribution in [-0.2, 0) is 0 Å². The Morgan fingerprint density at radius 1 is 0.341 bits per heavy atom. The van der Waals surface area contributed by atoms with Gasteiger partial charge in [-0.05, 0) is 91.1 Å². The SMILES string of the molecule is c1ccc2c(c1)Oc1cccc3cc(-c4ccc(-c5cccc6oc7ccc8ccccc8c7c56)c5ccccc45)cc-2c13. The van der Waals surface area contributed by atoms with E-state index in [1.54, 1.807) is 0 Å². The average molecular weight is 561 g/mol. The molecule has 0 unspecified atom stereocenters. The maximum absolute atomic E-state index is 6.43. The van der Waals surface area contributed by atoms with E-state index < -0.39 is 0 Å². The summed E-state index contributed by atoms with van der Waals surface area (Å²) in [7, 11) is 0. The predicted octanol–water partition coefficient (Wildman–Crippen LogP) is 12.2. The summed E-state index contributed by atoms with van der Waals surface area (Å²) in [4.78, 5) is 0. The summed E-state index contributed by atoms with van der Waals surface area (Å²) < 4.78 is 12.7. The van der Waals surface area contributed by atoms with Gasteiger partial charge in [-0.2, -0.15) is 0 Å². The molecule has 1 aliphatic heterocycles.